The van der Waals surface area contributed by atoms with Crippen molar-refractivity contribution in [3.8, 4) is 0 Å². The highest BCUT2D eigenvalue weighted by atomic mass is 32.2. The molecular formula is C10H13FN2O2S. The topological polar surface area (TPSA) is 72.2 Å². The Hall–Kier alpha value is -0.980. The summed E-state index contributed by atoms with van der Waals surface area (Å²) in [6.07, 6.45) is 2.28. The van der Waals surface area contributed by atoms with E-state index in [-0.39, 0.29) is 0 Å². The van der Waals surface area contributed by atoms with Crippen molar-refractivity contribution in [1.82, 2.24) is 5.32 Å². The monoisotopic (exact) mass is 244 g/mol. The molecule has 1 aromatic rings. The first-order valence-corrected chi connectivity index (χ1v) is 6.56. The summed E-state index contributed by atoms with van der Waals surface area (Å²) >= 11 is 0. The molecular weight excluding hydrogens is 231 g/mol. The Labute approximate surface area is 93.7 Å². The molecule has 2 rings (SSSR count). The molecule has 16 heavy (non-hydrogen) atoms. The lowest BCUT2D eigenvalue weighted by Gasteiger charge is -2.06. The fraction of sp³-hybridized carbons (Fsp3) is 0.400. The molecule has 1 fully saturated rings. The van der Waals surface area contributed by atoms with Crippen LogP contribution in [0.2, 0.25) is 0 Å². The molecule has 3 N–H and O–H groups in total. The Morgan fingerprint density at radius 1 is 1.44 bits per heavy atom. The second kappa shape index (κ2) is 4.12. The SMILES string of the molecule is NS(=O)(=O)c1cc(CNC2CC2)ccc1F. The molecule has 0 spiro atoms. The minimum absolute atomic E-state index is 0.442. The summed E-state index contributed by atoms with van der Waals surface area (Å²) in [6, 6.07) is 4.48. The molecule has 0 radical (unpaired) electrons. The van der Waals surface area contributed by atoms with Crippen molar-refractivity contribution in [2.24, 2.45) is 5.14 Å². The molecule has 0 atom stereocenters. The zero-order chi connectivity index (χ0) is 11.8. The van der Waals surface area contributed by atoms with Crippen molar-refractivity contribution in [1.29, 1.82) is 0 Å². The van der Waals surface area contributed by atoms with Crippen molar-refractivity contribution in [2.75, 3.05) is 0 Å². The Morgan fingerprint density at radius 3 is 2.69 bits per heavy atom. The van der Waals surface area contributed by atoms with E-state index in [1.165, 1.54) is 6.07 Å². The van der Waals surface area contributed by atoms with E-state index in [1.54, 1.807) is 6.07 Å². The molecule has 6 heteroatoms. The Bertz CT molecular complexity index is 498. The van der Waals surface area contributed by atoms with Crippen LogP contribution in [0, 0.1) is 5.82 Å². The number of hydrogen-bond donors (Lipinski definition) is 2. The lowest BCUT2D eigenvalue weighted by molar-refractivity contribution is 0.566. The maximum absolute atomic E-state index is 13.2. The van der Waals surface area contributed by atoms with Crippen molar-refractivity contribution < 1.29 is 12.8 Å². The summed E-state index contributed by atoms with van der Waals surface area (Å²) in [5.74, 6) is -0.808. The summed E-state index contributed by atoms with van der Waals surface area (Å²) in [7, 11) is -3.98. The van der Waals surface area contributed by atoms with Gasteiger partial charge in [0.05, 0.1) is 0 Å². The Morgan fingerprint density at radius 2 is 2.12 bits per heavy atom. The van der Waals surface area contributed by atoms with Gasteiger partial charge in [-0.25, -0.2) is 17.9 Å². The molecule has 0 aliphatic heterocycles. The molecule has 0 heterocycles. The Balaban J connectivity index is 2.20. The van der Waals surface area contributed by atoms with Gasteiger partial charge in [0.25, 0.3) is 0 Å². The van der Waals surface area contributed by atoms with Crippen LogP contribution in [0.1, 0.15) is 18.4 Å². The summed E-state index contributed by atoms with van der Waals surface area (Å²) in [4.78, 5) is -0.442. The maximum atomic E-state index is 13.2. The van der Waals surface area contributed by atoms with E-state index in [0.717, 1.165) is 24.5 Å². The van der Waals surface area contributed by atoms with Gasteiger partial charge in [-0.1, -0.05) is 6.07 Å². The number of halogens is 1. The predicted molar refractivity (Wildman–Crippen MR) is 57.6 cm³/mol. The standard InChI is InChI=1S/C10H13FN2O2S/c11-9-4-1-7(6-13-8-2-3-8)5-10(9)16(12,14)15/h1,4-5,8,13H,2-3,6H2,(H2,12,14,15). The van der Waals surface area contributed by atoms with Gasteiger partial charge in [-0.05, 0) is 30.5 Å². The van der Waals surface area contributed by atoms with Gasteiger partial charge in [0.15, 0.2) is 0 Å². The first-order chi connectivity index (χ1) is 7.47. The number of benzene rings is 1. The molecule has 0 bridgehead atoms. The fourth-order valence-corrected chi connectivity index (χ4v) is 2.08. The molecule has 0 aromatic heterocycles. The van der Waals surface area contributed by atoms with Crippen molar-refractivity contribution >= 4 is 10.0 Å². The minimum Gasteiger partial charge on any atom is -0.310 e. The number of nitrogens with one attached hydrogen (secondary N) is 1. The average molecular weight is 244 g/mol. The largest absolute Gasteiger partial charge is 0.310 e. The maximum Gasteiger partial charge on any atom is 0.240 e. The molecule has 0 saturated heterocycles. The van der Waals surface area contributed by atoms with Gasteiger partial charge < -0.3 is 5.32 Å². The average Bonchev–Trinajstić information content (AvgIpc) is 2.98. The number of nitrogens with two attached hydrogens (primary N) is 1. The molecule has 1 saturated carbocycles. The summed E-state index contributed by atoms with van der Waals surface area (Å²) in [5, 5.41) is 8.12. The van der Waals surface area contributed by atoms with Crippen molar-refractivity contribution in [3.63, 3.8) is 0 Å². The fourth-order valence-electron chi connectivity index (χ4n) is 1.43. The van der Waals surface area contributed by atoms with Crippen LogP contribution in [-0.2, 0) is 16.6 Å². The van der Waals surface area contributed by atoms with Crippen LogP contribution in [0.15, 0.2) is 23.1 Å². The van der Waals surface area contributed by atoms with Crippen LogP contribution >= 0.6 is 0 Å². The predicted octanol–water partition coefficient (Wildman–Crippen LogP) is 0.725. The zero-order valence-corrected chi connectivity index (χ0v) is 9.43. The lowest BCUT2D eigenvalue weighted by Crippen LogP contribution is -2.17. The first kappa shape index (κ1) is 11.5. The van der Waals surface area contributed by atoms with Gasteiger partial charge in [-0.3, -0.25) is 0 Å². The molecule has 4 nitrogen and oxygen atoms in total. The highest BCUT2D eigenvalue weighted by Crippen LogP contribution is 2.20. The van der Waals surface area contributed by atoms with Gasteiger partial charge in [0.2, 0.25) is 10.0 Å². The van der Waals surface area contributed by atoms with Gasteiger partial charge in [0, 0.05) is 12.6 Å². The smallest absolute Gasteiger partial charge is 0.240 e. The third-order valence-corrected chi connectivity index (χ3v) is 3.40. The van der Waals surface area contributed by atoms with E-state index in [9.17, 15) is 12.8 Å². The van der Waals surface area contributed by atoms with E-state index in [0.29, 0.717) is 12.6 Å². The second-order valence-corrected chi connectivity index (χ2v) is 5.49. The van der Waals surface area contributed by atoms with E-state index >= 15 is 0 Å². The van der Waals surface area contributed by atoms with Gasteiger partial charge in [-0.2, -0.15) is 0 Å². The van der Waals surface area contributed by atoms with Crippen molar-refractivity contribution in [2.45, 2.75) is 30.3 Å². The van der Waals surface area contributed by atoms with Crippen LogP contribution < -0.4 is 10.5 Å². The molecule has 1 aromatic carbocycles. The summed E-state index contributed by atoms with van der Waals surface area (Å²) in [5.41, 5.74) is 0.720. The number of rotatable bonds is 4. The van der Waals surface area contributed by atoms with E-state index < -0.39 is 20.7 Å². The first-order valence-electron chi connectivity index (χ1n) is 5.01. The third-order valence-electron chi connectivity index (χ3n) is 2.47. The van der Waals surface area contributed by atoms with Crippen LogP contribution in [-0.4, -0.2) is 14.5 Å². The lowest BCUT2D eigenvalue weighted by atomic mass is 10.2. The number of sulfonamides is 1. The molecule has 88 valence electrons. The van der Waals surface area contributed by atoms with Crippen LogP contribution in [0.3, 0.4) is 0 Å². The molecule has 0 amide bonds. The number of primary sulfonamides is 1. The third kappa shape index (κ3) is 2.78. The second-order valence-electron chi connectivity index (χ2n) is 3.96. The van der Waals surface area contributed by atoms with E-state index in [2.05, 4.69) is 5.32 Å². The minimum atomic E-state index is -3.98. The van der Waals surface area contributed by atoms with Gasteiger partial charge >= 0.3 is 0 Å². The van der Waals surface area contributed by atoms with Crippen LogP contribution in [0.5, 0.6) is 0 Å². The molecule has 1 aliphatic carbocycles. The van der Waals surface area contributed by atoms with E-state index in [4.69, 9.17) is 5.14 Å². The summed E-state index contributed by atoms with van der Waals surface area (Å²) < 4.78 is 35.3. The normalized spacial score (nSPS) is 16.4. The van der Waals surface area contributed by atoms with Gasteiger partial charge in [0.1, 0.15) is 10.7 Å². The molecule has 0 unspecified atom stereocenters. The van der Waals surface area contributed by atoms with Crippen LogP contribution in [0.25, 0.3) is 0 Å². The highest BCUT2D eigenvalue weighted by Gasteiger charge is 2.20. The molecule has 1 aliphatic rings. The van der Waals surface area contributed by atoms with Crippen LogP contribution in [0.4, 0.5) is 4.39 Å². The highest BCUT2D eigenvalue weighted by molar-refractivity contribution is 7.89. The number of hydrogen-bond acceptors (Lipinski definition) is 3. The van der Waals surface area contributed by atoms with E-state index in [1.807, 2.05) is 0 Å². The quantitative estimate of drug-likeness (QED) is 0.820. The van der Waals surface area contributed by atoms with Crippen molar-refractivity contribution in [3.05, 3.63) is 29.6 Å². The zero-order valence-electron chi connectivity index (χ0n) is 8.61. The summed E-state index contributed by atoms with van der Waals surface area (Å²) in [6.45, 7) is 0.535. The Kier molecular flexibility index (Phi) is 2.96. The van der Waals surface area contributed by atoms with Gasteiger partial charge in [-0.15, -0.1) is 0 Å².